The number of nitrogens with zero attached hydrogens (tertiary/aromatic N) is 1. The minimum atomic E-state index is -0.587. The third-order valence-electron chi connectivity index (χ3n) is 4.33. The van der Waals surface area contributed by atoms with Crippen LogP contribution in [0.1, 0.15) is 13.8 Å². The van der Waals surface area contributed by atoms with Crippen LogP contribution < -0.4 is 4.74 Å². The molecule has 0 unspecified atom stereocenters. The molecule has 25 heavy (non-hydrogen) atoms. The van der Waals surface area contributed by atoms with Gasteiger partial charge in [-0.1, -0.05) is 56.3 Å². The van der Waals surface area contributed by atoms with Gasteiger partial charge in [-0.3, -0.25) is 4.90 Å². The SMILES string of the molecule is CC(C)[C@H]1OC(=O)[C@@H]1N(C)C(=O)Oc1ccc(-c2ccccc2)cc1. The van der Waals surface area contributed by atoms with Crippen LogP contribution in [0.3, 0.4) is 0 Å². The number of likely N-dealkylation sites (N-methyl/N-ethyl adjacent to an activating group) is 1. The van der Waals surface area contributed by atoms with Gasteiger partial charge in [0.25, 0.3) is 0 Å². The molecule has 0 aliphatic carbocycles. The van der Waals surface area contributed by atoms with Gasteiger partial charge >= 0.3 is 12.1 Å². The summed E-state index contributed by atoms with van der Waals surface area (Å²) in [6, 6.07) is 16.6. The quantitative estimate of drug-likeness (QED) is 0.797. The van der Waals surface area contributed by atoms with E-state index in [1.807, 2.05) is 56.3 Å². The Kier molecular flexibility index (Phi) is 4.74. The van der Waals surface area contributed by atoms with E-state index in [2.05, 4.69) is 0 Å². The van der Waals surface area contributed by atoms with E-state index in [1.165, 1.54) is 4.90 Å². The van der Waals surface area contributed by atoms with Crippen molar-refractivity contribution in [1.29, 1.82) is 0 Å². The van der Waals surface area contributed by atoms with Crippen LogP contribution in [0.4, 0.5) is 4.79 Å². The Hall–Kier alpha value is -2.82. The minimum absolute atomic E-state index is 0.142. The van der Waals surface area contributed by atoms with Gasteiger partial charge in [-0.2, -0.15) is 0 Å². The van der Waals surface area contributed by atoms with Crippen LogP contribution in [0.2, 0.25) is 0 Å². The van der Waals surface area contributed by atoms with Gasteiger partial charge in [-0.25, -0.2) is 9.59 Å². The molecular weight excluding hydrogens is 318 g/mol. The molecule has 1 fully saturated rings. The van der Waals surface area contributed by atoms with Crippen molar-refractivity contribution < 1.29 is 19.1 Å². The van der Waals surface area contributed by atoms with E-state index < -0.39 is 18.1 Å². The average molecular weight is 339 g/mol. The molecular formula is C20H21NO4. The first-order chi connectivity index (χ1) is 12.0. The Bertz CT molecular complexity index is 755. The highest BCUT2D eigenvalue weighted by molar-refractivity contribution is 5.87. The number of cyclic esters (lactones) is 1. The van der Waals surface area contributed by atoms with Crippen LogP contribution in [0.25, 0.3) is 11.1 Å². The Morgan fingerprint density at radius 1 is 1.04 bits per heavy atom. The number of rotatable bonds is 4. The number of carbonyl (C=O) groups excluding carboxylic acids is 2. The second-order valence-electron chi connectivity index (χ2n) is 6.46. The summed E-state index contributed by atoms with van der Waals surface area (Å²) in [4.78, 5) is 25.3. The number of benzene rings is 2. The zero-order chi connectivity index (χ0) is 18.0. The van der Waals surface area contributed by atoms with E-state index in [4.69, 9.17) is 9.47 Å². The Morgan fingerprint density at radius 3 is 2.20 bits per heavy atom. The largest absolute Gasteiger partial charge is 0.458 e. The first-order valence-electron chi connectivity index (χ1n) is 8.28. The standard InChI is InChI=1S/C20H21NO4/c1-13(2)18-17(19(22)25-18)21(3)20(23)24-16-11-9-15(10-12-16)14-7-5-4-6-8-14/h4-13,17-18H,1-3H3/t17-,18-/m1/s1. The average Bonchev–Trinajstić information content (AvgIpc) is 2.60. The van der Waals surface area contributed by atoms with Crippen LogP contribution in [-0.4, -0.2) is 36.2 Å². The van der Waals surface area contributed by atoms with Gasteiger partial charge in [-0.15, -0.1) is 0 Å². The highest BCUT2D eigenvalue weighted by Gasteiger charge is 2.48. The molecule has 0 bridgehead atoms. The molecule has 0 saturated carbocycles. The molecule has 1 aliphatic rings. The molecule has 2 aromatic carbocycles. The minimum Gasteiger partial charge on any atom is -0.458 e. The van der Waals surface area contributed by atoms with E-state index in [0.29, 0.717) is 5.75 Å². The predicted octanol–water partition coefficient (Wildman–Crippen LogP) is 3.73. The Morgan fingerprint density at radius 2 is 1.64 bits per heavy atom. The molecule has 2 aromatic rings. The lowest BCUT2D eigenvalue weighted by Crippen LogP contribution is -2.62. The summed E-state index contributed by atoms with van der Waals surface area (Å²) < 4.78 is 10.5. The zero-order valence-electron chi connectivity index (χ0n) is 14.5. The maximum Gasteiger partial charge on any atom is 0.415 e. The summed E-state index contributed by atoms with van der Waals surface area (Å²) in [5.74, 6) is 0.186. The van der Waals surface area contributed by atoms with Gasteiger partial charge < -0.3 is 9.47 Å². The normalized spacial score (nSPS) is 19.1. The molecule has 0 radical (unpaired) electrons. The predicted molar refractivity (Wildman–Crippen MR) is 94.2 cm³/mol. The van der Waals surface area contributed by atoms with E-state index in [0.717, 1.165) is 11.1 Å². The smallest absolute Gasteiger partial charge is 0.415 e. The number of hydrogen-bond acceptors (Lipinski definition) is 4. The molecule has 0 spiro atoms. The second-order valence-corrected chi connectivity index (χ2v) is 6.46. The maximum absolute atomic E-state index is 12.3. The van der Waals surface area contributed by atoms with Gasteiger partial charge in [0.2, 0.25) is 0 Å². The third kappa shape index (κ3) is 3.50. The molecule has 130 valence electrons. The van der Waals surface area contributed by atoms with Crippen LogP contribution in [-0.2, 0) is 9.53 Å². The van der Waals surface area contributed by atoms with Crippen LogP contribution >= 0.6 is 0 Å². The molecule has 5 nitrogen and oxygen atoms in total. The monoisotopic (exact) mass is 339 g/mol. The van der Waals surface area contributed by atoms with Gasteiger partial charge in [0, 0.05) is 7.05 Å². The topological polar surface area (TPSA) is 55.8 Å². The second kappa shape index (κ2) is 6.97. The van der Waals surface area contributed by atoms with E-state index >= 15 is 0 Å². The molecule has 0 aromatic heterocycles. The fourth-order valence-corrected chi connectivity index (χ4v) is 2.84. The number of amides is 1. The van der Waals surface area contributed by atoms with E-state index in [9.17, 15) is 9.59 Å². The fraction of sp³-hybridized carbons (Fsp3) is 0.300. The first-order valence-corrected chi connectivity index (χ1v) is 8.28. The molecule has 1 aliphatic heterocycles. The van der Waals surface area contributed by atoms with Gasteiger partial charge in [-0.05, 0) is 29.2 Å². The molecule has 1 saturated heterocycles. The van der Waals surface area contributed by atoms with Crippen LogP contribution in [0.5, 0.6) is 5.75 Å². The van der Waals surface area contributed by atoms with Crippen molar-refractivity contribution in [2.45, 2.75) is 26.0 Å². The molecule has 3 rings (SSSR count). The zero-order valence-corrected chi connectivity index (χ0v) is 14.5. The van der Waals surface area contributed by atoms with Crippen molar-refractivity contribution in [1.82, 2.24) is 4.90 Å². The summed E-state index contributed by atoms with van der Waals surface area (Å²) in [6.45, 7) is 3.90. The lowest BCUT2D eigenvalue weighted by Gasteiger charge is -2.41. The molecule has 1 amide bonds. The summed E-state index contributed by atoms with van der Waals surface area (Å²) in [7, 11) is 1.56. The number of carbonyl (C=O) groups is 2. The summed E-state index contributed by atoms with van der Waals surface area (Å²) in [5, 5.41) is 0. The fourth-order valence-electron chi connectivity index (χ4n) is 2.84. The highest BCUT2D eigenvalue weighted by Crippen LogP contribution is 2.27. The van der Waals surface area contributed by atoms with Crippen molar-refractivity contribution in [2.75, 3.05) is 7.05 Å². The third-order valence-corrected chi connectivity index (χ3v) is 4.33. The van der Waals surface area contributed by atoms with Crippen LogP contribution in [0.15, 0.2) is 54.6 Å². The Balaban J connectivity index is 1.66. The maximum atomic E-state index is 12.3. The van der Waals surface area contributed by atoms with E-state index in [1.54, 1.807) is 19.2 Å². The molecule has 5 heteroatoms. The van der Waals surface area contributed by atoms with Gasteiger partial charge in [0.1, 0.15) is 11.9 Å². The highest BCUT2D eigenvalue weighted by atomic mass is 16.6. The molecule has 2 atom stereocenters. The van der Waals surface area contributed by atoms with Crippen molar-refractivity contribution in [3.63, 3.8) is 0 Å². The lowest BCUT2D eigenvalue weighted by molar-refractivity contribution is -0.189. The number of esters is 1. The summed E-state index contributed by atoms with van der Waals surface area (Å²) >= 11 is 0. The van der Waals surface area contributed by atoms with E-state index in [-0.39, 0.29) is 12.0 Å². The first kappa shape index (κ1) is 17.0. The number of hydrogen-bond donors (Lipinski definition) is 0. The van der Waals surface area contributed by atoms with Crippen LogP contribution in [0, 0.1) is 5.92 Å². The Labute approximate surface area is 147 Å². The number of ether oxygens (including phenoxy) is 2. The van der Waals surface area contributed by atoms with Gasteiger partial charge in [0.05, 0.1) is 0 Å². The molecule has 1 heterocycles. The van der Waals surface area contributed by atoms with Crippen molar-refractivity contribution in [3.8, 4) is 16.9 Å². The van der Waals surface area contributed by atoms with Crippen molar-refractivity contribution in [3.05, 3.63) is 54.6 Å². The lowest BCUT2D eigenvalue weighted by atomic mass is 9.94. The molecule has 0 N–H and O–H groups in total. The van der Waals surface area contributed by atoms with Crippen molar-refractivity contribution >= 4 is 12.1 Å². The van der Waals surface area contributed by atoms with Gasteiger partial charge in [0.15, 0.2) is 6.04 Å². The van der Waals surface area contributed by atoms with Crippen molar-refractivity contribution in [2.24, 2.45) is 5.92 Å². The summed E-state index contributed by atoms with van der Waals surface area (Å²) in [5.41, 5.74) is 2.13. The summed E-state index contributed by atoms with van der Waals surface area (Å²) in [6.07, 6.45) is -0.856.